The van der Waals surface area contributed by atoms with Crippen LogP contribution < -0.4 is 0 Å². The lowest BCUT2D eigenvalue weighted by molar-refractivity contribution is 0.393. The normalized spacial score (nSPS) is 19.5. The molecule has 116 valence electrons. The summed E-state index contributed by atoms with van der Waals surface area (Å²) < 4.78 is 53.9. The van der Waals surface area contributed by atoms with E-state index in [1.165, 1.54) is 4.31 Å². The van der Waals surface area contributed by atoms with Crippen LogP contribution in [0, 0.1) is 11.6 Å². The van der Waals surface area contributed by atoms with Gasteiger partial charge in [-0.25, -0.2) is 17.2 Å². The van der Waals surface area contributed by atoms with Crippen LogP contribution in [-0.2, 0) is 10.0 Å². The minimum Gasteiger partial charge on any atom is -0.207 e. The highest BCUT2D eigenvalue weighted by molar-refractivity contribution is 7.89. The number of rotatable bonds is 3. The number of hydrogen-bond acceptors (Lipinski definition) is 2. The molecule has 3 nitrogen and oxygen atoms in total. The summed E-state index contributed by atoms with van der Waals surface area (Å²) in [6.07, 6.45) is 1.36. The van der Waals surface area contributed by atoms with E-state index in [-0.39, 0.29) is 6.04 Å². The molecule has 0 amide bonds. The Kier molecular flexibility index (Phi) is 3.97. The third-order valence-corrected chi connectivity index (χ3v) is 5.79. The summed E-state index contributed by atoms with van der Waals surface area (Å²) in [6.45, 7) is 0.303. The Hall–Kier alpha value is -1.79. The first-order chi connectivity index (χ1) is 10.5. The predicted molar refractivity (Wildman–Crippen MR) is 78.7 cm³/mol. The first-order valence-electron chi connectivity index (χ1n) is 7.02. The van der Waals surface area contributed by atoms with Crippen molar-refractivity contribution in [1.29, 1.82) is 0 Å². The van der Waals surface area contributed by atoms with Crippen LogP contribution in [0.4, 0.5) is 8.78 Å². The van der Waals surface area contributed by atoms with Crippen molar-refractivity contribution < 1.29 is 17.2 Å². The molecule has 1 aliphatic rings. The third-order valence-electron chi connectivity index (χ3n) is 3.87. The van der Waals surface area contributed by atoms with E-state index < -0.39 is 26.6 Å². The van der Waals surface area contributed by atoms with E-state index in [2.05, 4.69) is 0 Å². The van der Waals surface area contributed by atoms with Gasteiger partial charge in [-0.2, -0.15) is 4.31 Å². The van der Waals surface area contributed by atoms with Crippen molar-refractivity contribution in [2.24, 2.45) is 0 Å². The molecule has 6 heteroatoms. The van der Waals surface area contributed by atoms with E-state index in [1.54, 1.807) is 0 Å². The molecule has 1 saturated heterocycles. The smallest absolute Gasteiger partial charge is 0.207 e. The van der Waals surface area contributed by atoms with Gasteiger partial charge in [-0.15, -0.1) is 0 Å². The summed E-state index contributed by atoms with van der Waals surface area (Å²) >= 11 is 0. The third kappa shape index (κ3) is 2.64. The minimum absolute atomic E-state index is 0.303. The van der Waals surface area contributed by atoms with Crippen LogP contribution in [0.25, 0.3) is 0 Å². The molecule has 2 aromatic rings. The maximum absolute atomic E-state index is 13.9. The molecular weight excluding hydrogens is 308 g/mol. The van der Waals surface area contributed by atoms with Gasteiger partial charge in [0.05, 0.1) is 6.04 Å². The fourth-order valence-corrected chi connectivity index (χ4v) is 4.60. The lowest BCUT2D eigenvalue weighted by atomic mass is 10.1. The first-order valence-corrected chi connectivity index (χ1v) is 8.46. The molecule has 3 rings (SSSR count). The molecule has 22 heavy (non-hydrogen) atoms. The van der Waals surface area contributed by atoms with Crippen LogP contribution in [0.15, 0.2) is 53.4 Å². The largest absolute Gasteiger partial charge is 0.246 e. The van der Waals surface area contributed by atoms with Crippen molar-refractivity contribution in [3.63, 3.8) is 0 Å². The maximum Gasteiger partial charge on any atom is 0.246 e. The second kappa shape index (κ2) is 5.78. The molecule has 1 unspecified atom stereocenters. The number of nitrogens with zero attached hydrogens (tertiary/aromatic N) is 1. The Balaban J connectivity index is 2.03. The van der Waals surface area contributed by atoms with Crippen molar-refractivity contribution >= 4 is 10.0 Å². The van der Waals surface area contributed by atoms with E-state index in [0.29, 0.717) is 19.4 Å². The highest BCUT2D eigenvalue weighted by atomic mass is 32.2. The van der Waals surface area contributed by atoms with Crippen LogP contribution in [0.1, 0.15) is 24.4 Å². The molecule has 1 heterocycles. The van der Waals surface area contributed by atoms with Gasteiger partial charge in [-0.1, -0.05) is 30.3 Å². The molecule has 0 saturated carbocycles. The van der Waals surface area contributed by atoms with Gasteiger partial charge in [-0.3, -0.25) is 0 Å². The summed E-state index contributed by atoms with van der Waals surface area (Å²) in [6, 6.07) is 11.4. The van der Waals surface area contributed by atoms with Gasteiger partial charge in [0.15, 0.2) is 0 Å². The van der Waals surface area contributed by atoms with Gasteiger partial charge in [0, 0.05) is 6.54 Å². The van der Waals surface area contributed by atoms with E-state index in [1.807, 2.05) is 30.3 Å². The van der Waals surface area contributed by atoms with Crippen LogP contribution >= 0.6 is 0 Å². The zero-order chi connectivity index (χ0) is 15.7. The van der Waals surface area contributed by atoms with Crippen LogP contribution in [0.2, 0.25) is 0 Å². The predicted octanol–water partition coefficient (Wildman–Crippen LogP) is 3.49. The van der Waals surface area contributed by atoms with E-state index >= 15 is 0 Å². The van der Waals surface area contributed by atoms with Crippen molar-refractivity contribution in [2.75, 3.05) is 6.54 Å². The Bertz CT molecular complexity index is 778. The summed E-state index contributed by atoms with van der Waals surface area (Å²) in [7, 11) is -4.07. The Morgan fingerprint density at radius 2 is 1.77 bits per heavy atom. The summed E-state index contributed by atoms with van der Waals surface area (Å²) in [5, 5.41) is 0. The zero-order valence-electron chi connectivity index (χ0n) is 11.7. The van der Waals surface area contributed by atoms with Crippen molar-refractivity contribution in [1.82, 2.24) is 4.31 Å². The molecule has 0 aliphatic carbocycles. The molecule has 0 aromatic heterocycles. The second-order valence-electron chi connectivity index (χ2n) is 5.26. The standard InChI is InChI=1S/C16H15F2NO2S/c17-13-8-9-14(18)16(11-13)22(20,21)19-10-4-7-15(19)12-5-2-1-3-6-12/h1-3,5-6,8-9,11,15H,4,7,10H2. The van der Waals surface area contributed by atoms with E-state index in [4.69, 9.17) is 0 Å². The van der Waals surface area contributed by atoms with Gasteiger partial charge >= 0.3 is 0 Å². The highest BCUT2D eigenvalue weighted by Gasteiger charge is 2.37. The lowest BCUT2D eigenvalue weighted by Crippen LogP contribution is -2.31. The summed E-state index contributed by atoms with van der Waals surface area (Å²) in [5.41, 5.74) is 0.861. The quantitative estimate of drug-likeness (QED) is 0.867. The Morgan fingerprint density at radius 3 is 2.50 bits per heavy atom. The number of benzene rings is 2. The van der Waals surface area contributed by atoms with Gasteiger partial charge in [0.2, 0.25) is 10.0 Å². The van der Waals surface area contributed by atoms with Gasteiger partial charge in [0.1, 0.15) is 16.5 Å². The SMILES string of the molecule is O=S(=O)(c1cc(F)ccc1F)N1CCCC1c1ccccc1. The average Bonchev–Trinajstić information content (AvgIpc) is 3.01. The first kappa shape index (κ1) is 15.1. The molecule has 0 spiro atoms. The van der Waals surface area contributed by atoms with Crippen LogP contribution in [0.5, 0.6) is 0 Å². The fraction of sp³-hybridized carbons (Fsp3) is 0.250. The van der Waals surface area contributed by atoms with E-state index in [0.717, 1.165) is 23.8 Å². The monoisotopic (exact) mass is 323 g/mol. The molecule has 1 fully saturated rings. The number of halogens is 2. The number of sulfonamides is 1. The highest BCUT2D eigenvalue weighted by Crippen LogP contribution is 2.37. The van der Waals surface area contributed by atoms with Gasteiger partial charge in [0.25, 0.3) is 0 Å². The fourth-order valence-electron chi connectivity index (χ4n) is 2.84. The zero-order valence-corrected chi connectivity index (χ0v) is 12.6. The summed E-state index contributed by atoms with van der Waals surface area (Å²) in [4.78, 5) is -0.602. The molecule has 0 N–H and O–H groups in total. The molecule has 1 atom stereocenters. The Labute approximate surface area is 128 Å². The van der Waals surface area contributed by atoms with Crippen molar-refractivity contribution in [2.45, 2.75) is 23.8 Å². The topological polar surface area (TPSA) is 37.4 Å². The van der Waals surface area contributed by atoms with Crippen molar-refractivity contribution in [3.8, 4) is 0 Å². The Morgan fingerprint density at radius 1 is 1.05 bits per heavy atom. The van der Waals surface area contributed by atoms with Gasteiger partial charge in [-0.05, 0) is 36.6 Å². The lowest BCUT2D eigenvalue weighted by Gasteiger charge is -2.24. The minimum atomic E-state index is -4.07. The van der Waals surface area contributed by atoms with Crippen molar-refractivity contribution in [3.05, 3.63) is 65.7 Å². The molecule has 0 bridgehead atoms. The number of hydrogen-bond donors (Lipinski definition) is 0. The second-order valence-corrected chi connectivity index (χ2v) is 7.12. The molecule has 2 aromatic carbocycles. The molecule has 0 radical (unpaired) electrons. The van der Waals surface area contributed by atoms with Crippen LogP contribution in [0.3, 0.4) is 0 Å². The van der Waals surface area contributed by atoms with Gasteiger partial charge < -0.3 is 0 Å². The van der Waals surface area contributed by atoms with Crippen LogP contribution in [-0.4, -0.2) is 19.3 Å². The summed E-state index contributed by atoms with van der Waals surface area (Å²) in [5.74, 6) is -1.70. The average molecular weight is 323 g/mol. The maximum atomic E-state index is 13.9. The molecular formula is C16H15F2NO2S. The molecule has 1 aliphatic heterocycles. The van der Waals surface area contributed by atoms with E-state index in [9.17, 15) is 17.2 Å².